The summed E-state index contributed by atoms with van der Waals surface area (Å²) in [4.78, 5) is 0. The first kappa shape index (κ1) is 16.3. The van der Waals surface area contributed by atoms with Crippen molar-refractivity contribution in [1.82, 2.24) is 0 Å². The topological polar surface area (TPSA) is 26.0 Å². The van der Waals surface area contributed by atoms with Gasteiger partial charge in [0.15, 0.2) is 0 Å². The maximum absolute atomic E-state index is 6.39. The van der Waals surface area contributed by atoms with E-state index in [1.165, 1.54) is 22.3 Å². The minimum atomic E-state index is 0.0404. The average Bonchev–Trinajstić information content (AvgIpc) is 2.38. The standard InChI is InChI=1S/C19H24BrN/c1-13-11-16(20)9-10-17(13)18(21)12-14-5-7-15(8-6-14)19(2,3)4/h5-11,18H,12,21H2,1-4H3. The predicted octanol–water partition coefficient (Wildman–Crippen LogP) is 5.30. The van der Waals surface area contributed by atoms with Crippen molar-refractivity contribution in [3.63, 3.8) is 0 Å². The minimum Gasteiger partial charge on any atom is -0.324 e. The molecular weight excluding hydrogens is 322 g/mol. The van der Waals surface area contributed by atoms with E-state index in [-0.39, 0.29) is 11.5 Å². The monoisotopic (exact) mass is 345 g/mol. The van der Waals surface area contributed by atoms with Crippen LogP contribution in [0.3, 0.4) is 0 Å². The molecule has 2 rings (SSSR count). The third-order valence-electron chi connectivity index (χ3n) is 3.91. The Morgan fingerprint density at radius 3 is 2.19 bits per heavy atom. The van der Waals surface area contributed by atoms with Gasteiger partial charge >= 0.3 is 0 Å². The van der Waals surface area contributed by atoms with E-state index in [2.05, 4.69) is 86.1 Å². The van der Waals surface area contributed by atoms with E-state index in [1.807, 2.05) is 0 Å². The summed E-state index contributed by atoms with van der Waals surface area (Å²) in [5, 5.41) is 0. The lowest BCUT2D eigenvalue weighted by atomic mass is 9.86. The summed E-state index contributed by atoms with van der Waals surface area (Å²) in [7, 11) is 0. The summed E-state index contributed by atoms with van der Waals surface area (Å²) in [6.07, 6.45) is 0.868. The van der Waals surface area contributed by atoms with Crippen LogP contribution in [0.5, 0.6) is 0 Å². The van der Waals surface area contributed by atoms with Gasteiger partial charge < -0.3 is 5.73 Å². The summed E-state index contributed by atoms with van der Waals surface area (Å²) in [5.41, 5.74) is 11.7. The number of nitrogens with two attached hydrogens (primary N) is 1. The Hall–Kier alpha value is -1.12. The molecule has 0 aromatic heterocycles. The van der Waals surface area contributed by atoms with E-state index in [0.29, 0.717) is 0 Å². The van der Waals surface area contributed by atoms with Crippen LogP contribution in [0.15, 0.2) is 46.9 Å². The summed E-state index contributed by atoms with van der Waals surface area (Å²) >= 11 is 3.50. The Morgan fingerprint density at radius 1 is 1.05 bits per heavy atom. The molecule has 0 spiro atoms. The molecule has 0 bridgehead atoms. The van der Waals surface area contributed by atoms with Gasteiger partial charge in [-0.05, 0) is 53.1 Å². The van der Waals surface area contributed by atoms with E-state index in [1.54, 1.807) is 0 Å². The lowest BCUT2D eigenvalue weighted by Crippen LogP contribution is -2.15. The van der Waals surface area contributed by atoms with Gasteiger partial charge in [0.1, 0.15) is 0 Å². The van der Waals surface area contributed by atoms with Gasteiger partial charge in [-0.25, -0.2) is 0 Å². The highest BCUT2D eigenvalue weighted by molar-refractivity contribution is 9.10. The first-order valence-electron chi connectivity index (χ1n) is 7.38. The first-order chi connectivity index (χ1) is 9.77. The fourth-order valence-electron chi connectivity index (χ4n) is 2.56. The Bertz CT molecular complexity index is 608. The number of rotatable bonds is 3. The number of benzene rings is 2. The molecule has 0 aliphatic rings. The van der Waals surface area contributed by atoms with E-state index >= 15 is 0 Å². The average molecular weight is 346 g/mol. The molecule has 21 heavy (non-hydrogen) atoms. The lowest BCUT2D eigenvalue weighted by Gasteiger charge is -2.20. The molecule has 0 amide bonds. The molecule has 1 nitrogen and oxygen atoms in total. The summed E-state index contributed by atoms with van der Waals surface area (Å²) in [6.45, 7) is 8.82. The molecule has 2 heteroatoms. The lowest BCUT2D eigenvalue weighted by molar-refractivity contribution is 0.589. The molecule has 0 radical (unpaired) electrons. The molecule has 0 aliphatic heterocycles. The molecular formula is C19H24BrN. The van der Waals surface area contributed by atoms with Crippen LogP contribution in [0.25, 0.3) is 0 Å². The predicted molar refractivity (Wildman–Crippen MR) is 94.7 cm³/mol. The van der Waals surface area contributed by atoms with Crippen molar-refractivity contribution in [1.29, 1.82) is 0 Å². The second kappa shape index (κ2) is 6.33. The van der Waals surface area contributed by atoms with Gasteiger partial charge in [-0.2, -0.15) is 0 Å². The molecule has 2 aromatic rings. The Balaban J connectivity index is 2.14. The fraction of sp³-hybridized carbons (Fsp3) is 0.368. The van der Waals surface area contributed by atoms with E-state index in [4.69, 9.17) is 5.73 Å². The van der Waals surface area contributed by atoms with E-state index in [0.717, 1.165) is 10.9 Å². The van der Waals surface area contributed by atoms with Crippen LogP contribution in [-0.2, 0) is 11.8 Å². The molecule has 112 valence electrons. The third-order valence-corrected chi connectivity index (χ3v) is 4.40. The SMILES string of the molecule is Cc1cc(Br)ccc1C(N)Cc1ccc(C(C)(C)C)cc1. The molecule has 0 aliphatic carbocycles. The minimum absolute atomic E-state index is 0.0404. The summed E-state index contributed by atoms with van der Waals surface area (Å²) < 4.78 is 1.10. The second-order valence-electron chi connectivity index (χ2n) is 6.76. The summed E-state index contributed by atoms with van der Waals surface area (Å²) in [5.74, 6) is 0. The molecule has 2 aromatic carbocycles. The molecule has 0 saturated heterocycles. The zero-order valence-electron chi connectivity index (χ0n) is 13.3. The smallest absolute Gasteiger partial charge is 0.0338 e. The quantitative estimate of drug-likeness (QED) is 0.802. The van der Waals surface area contributed by atoms with Crippen LogP contribution in [0.2, 0.25) is 0 Å². The number of halogens is 1. The van der Waals surface area contributed by atoms with Crippen molar-refractivity contribution < 1.29 is 0 Å². The van der Waals surface area contributed by atoms with Crippen molar-refractivity contribution in [2.45, 2.75) is 45.6 Å². The summed E-state index contributed by atoms with van der Waals surface area (Å²) in [6, 6.07) is 15.2. The highest BCUT2D eigenvalue weighted by atomic mass is 79.9. The van der Waals surface area contributed by atoms with Gasteiger partial charge in [0, 0.05) is 10.5 Å². The van der Waals surface area contributed by atoms with Crippen LogP contribution in [0, 0.1) is 6.92 Å². The van der Waals surface area contributed by atoms with Crippen LogP contribution >= 0.6 is 15.9 Å². The van der Waals surface area contributed by atoms with Crippen LogP contribution in [-0.4, -0.2) is 0 Å². The maximum Gasteiger partial charge on any atom is 0.0338 e. The van der Waals surface area contributed by atoms with Gasteiger partial charge in [-0.3, -0.25) is 0 Å². The Morgan fingerprint density at radius 2 is 1.67 bits per heavy atom. The molecule has 0 heterocycles. The number of hydrogen-bond donors (Lipinski definition) is 1. The van der Waals surface area contributed by atoms with Crippen molar-refractivity contribution >= 4 is 15.9 Å². The zero-order valence-corrected chi connectivity index (χ0v) is 14.9. The van der Waals surface area contributed by atoms with Gasteiger partial charge in [0.25, 0.3) is 0 Å². The molecule has 1 unspecified atom stereocenters. The fourth-order valence-corrected chi connectivity index (χ4v) is 3.04. The number of hydrogen-bond acceptors (Lipinski definition) is 1. The zero-order chi connectivity index (χ0) is 15.6. The largest absolute Gasteiger partial charge is 0.324 e. The van der Waals surface area contributed by atoms with E-state index in [9.17, 15) is 0 Å². The second-order valence-corrected chi connectivity index (χ2v) is 7.67. The van der Waals surface area contributed by atoms with Crippen molar-refractivity contribution in [2.24, 2.45) is 5.73 Å². The van der Waals surface area contributed by atoms with Gasteiger partial charge in [0.2, 0.25) is 0 Å². The van der Waals surface area contributed by atoms with Gasteiger partial charge in [-0.15, -0.1) is 0 Å². The normalized spacial score (nSPS) is 13.2. The molecule has 0 fully saturated rings. The third kappa shape index (κ3) is 4.18. The highest BCUT2D eigenvalue weighted by Gasteiger charge is 2.14. The van der Waals surface area contributed by atoms with E-state index < -0.39 is 0 Å². The van der Waals surface area contributed by atoms with Gasteiger partial charge in [-0.1, -0.05) is 67.0 Å². The highest BCUT2D eigenvalue weighted by Crippen LogP contribution is 2.25. The van der Waals surface area contributed by atoms with Crippen molar-refractivity contribution in [2.75, 3.05) is 0 Å². The molecule has 1 atom stereocenters. The first-order valence-corrected chi connectivity index (χ1v) is 8.18. The van der Waals surface area contributed by atoms with Gasteiger partial charge in [0.05, 0.1) is 0 Å². The number of aryl methyl sites for hydroxylation is 1. The van der Waals surface area contributed by atoms with Crippen molar-refractivity contribution in [3.8, 4) is 0 Å². The maximum atomic E-state index is 6.39. The van der Waals surface area contributed by atoms with Crippen LogP contribution in [0.1, 0.15) is 49.1 Å². The Labute approximate surface area is 136 Å². The Kier molecular flexibility index (Phi) is 4.90. The van der Waals surface area contributed by atoms with Crippen LogP contribution < -0.4 is 5.73 Å². The van der Waals surface area contributed by atoms with Crippen molar-refractivity contribution in [3.05, 3.63) is 69.2 Å². The molecule has 0 saturated carbocycles. The molecule has 2 N–H and O–H groups in total. The van der Waals surface area contributed by atoms with Crippen LogP contribution in [0.4, 0.5) is 0 Å².